The van der Waals surface area contributed by atoms with Crippen molar-refractivity contribution < 1.29 is 9.53 Å². The number of nitrogens with zero attached hydrogens (tertiary/aromatic N) is 2. The number of carbonyl (C=O) groups is 1. The van der Waals surface area contributed by atoms with Crippen LogP contribution in [0.5, 0.6) is 5.75 Å². The van der Waals surface area contributed by atoms with Gasteiger partial charge in [0.15, 0.2) is 0 Å². The number of nitrogens with two attached hydrogens (primary N) is 1. The highest BCUT2D eigenvalue weighted by atomic mass is 79.9. The van der Waals surface area contributed by atoms with E-state index in [4.69, 9.17) is 10.5 Å². The van der Waals surface area contributed by atoms with Gasteiger partial charge >= 0.3 is 0 Å². The molecule has 18 heavy (non-hydrogen) atoms. The third-order valence-electron chi connectivity index (χ3n) is 2.13. The van der Waals surface area contributed by atoms with Crippen LogP contribution >= 0.6 is 15.9 Å². The number of nitrogens with one attached hydrogen (secondary N) is 2. The molecule has 0 fully saturated rings. The summed E-state index contributed by atoms with van der Waals surface area (Å²) in [5, 5.41) is 8.66. The van der Waals surface area contributed by atoms with Gasteiger partial charge in [0, 0.05) is 4.47 Å². The van der Waals surface area contributed by atoms with E-state index in [1.54, 1.807) is 18.2 Å². The summed E-state index contributed by atoms with van der Waals surface area (Å²) in [4.78, 5) is 15.6. The van der Waals surface area contributed by atoms with E-state index >= 15 is 0 Å². The van der Waals surface area contributed by atoms with Gasteiger partial charge in [-0.05, 0) is 18.2 Å². The molecule has 1 aromatic carbocycles. The Morgan fingerprint density at radius 3 is 2.94 bits per heavy atom. The average Bonchev–Trinajstić information content (AvgIpc) is 2.76. The minimum absolute atomic E-state index is 0.0151. The van der Waals surface area contributed by atoms with Crippen molar-refractivity contribution >= 4 is 33.5 Å². The van der Waals surface area contributed by atoms with E-state index in [0.29, 0.717) is 11.4 Å². The Bertz CT molecular complexity index is 583. The highest BCUT2D eigenvalue weighted by molar-refractivity contribution is 9.10. The predicted octanol–water partition coefficient (Wildman–Crippen LogP) is 1.41. The standard InChI is InChI=1S/C10H10BrN5O2/c1-18-7-3-2-5(11)4-6(7)13-9(17)8-14-10(12)16-15-8/h2-4H,1H3,(H,13,17)(H3,12,14,15,16). The van der Waals surface area contributed by atoms with Crippen LogP contribution in [0.4, 0.5) is 11.6 Å². The summed E-state index contributed by atoms with van der Waals surface area (Å²) in [6, 6.07) is 5.26. The van der Waals surface area contributed by atoms with Gasteiger partial charge < -0.3 is 15.8 Å². The lowest BCUT2D eigenvalue weighted by atomic mass is 10.3. The molecule has 8 heteroatoms. The monoisotopic (exact) mass is 311 g/mol. The molecular formula is C10H10BrN5O2. The van der Waals surface area contributed by atoms with Crippen LogP contribution < -0.4 is 15.8 Å². The number of aromatic amines is 1. The van der Waals surface area contributed by atoms with Crippen LogP contribution in [-0.4, -0.2) is 28.2 Å². The van der Waals surface area contributed by atoms with Crippen LogP contribution in [0, 0.1) is 0 Å². The zero-order chi connectivity index (χ0) is 13.1. The van der Waals surface area contributed by atoms with E-state index in [-0.39, 0.29) is 11.8 Å². The minimum Gasteiger partial charge on any atom is -0.495 e. The van der Waals surface area contributed by atoms with E-state index in [0.717, 1.165) is 4.47 Å². The summed E-state index contributed by atoms with van der Waals surface area (Å²) in [5.41, 5.74) is 5.84. The molecule has 0 aliphatic heterocycles. The van der Waals surface area contributed by atoms with Gasteiger partial charge in [-0.15, -0.1) is 5.10 Å². The van der Waals surface area contributed by atoms with Crippen molar-refractivity contribution in [2.24, 2.45) is 0 Å². The van der Waals surface area contributed by atoms with Gasteiger partial charge in [0.25, 0.3) is 5.91 Å². The average molecular weight is 312 g/mol. The smallest absolute Gasteiger partial charge is 0.293 e. The number of nitrogen functional groups attached to an aromatic ring is 1. The summed E-state index contributed by atoms with van der Waals surface area (Å²) in [6.45, 7) is 0. The largest absolute Gasteiger partial charge is 0.495 e. The van der Waals surface area contributed by atoms with Crippen molar-refractivity contribution in [2.75, 3.05) is 18.2 Å². The van der Waals surface area contributed by atoms with E-state index in [9.17, 15) is 4.79 Å². The Kier molecular flexibility index (Phi) is 3.47. The van der Waals surface area contributed by atoms with E-state index in [1.807, 2.05) is 0 Å². The van der Waals surface area contributed by atoms with Crippen LogP contribution in [0.25, 0.3) is 0 Å². The molecule has 0 unspecified atom stereocenters. The Hall–Kier alpha value is -2.09. The first-order chi connectivity index (χ1) is 8.60. The molecule has 1 heterocycles. The molecule has 0 radical (unpaired) electrons. The lowest BCUT2D eigenvalue weighted by Crippen LogP contribution is -2.14. The Morgan fingerprint density at radius 2 is 2.33 bits per heavy atom. The Balaban J connectivity index is 2.23. The fourth-order valence-corrected chi connectivity index (χ4v) is 1.70. The molecule has 1 aromatic heterocycles. The summed E-state index contributed by atoms with van der Waals surface area (Å²) >= 11 is 3.31. The number of H-pyrrole nitrogens is 1. The van der Waals surface area contributed by atoms with Crippen LogP contribution in [0.3, 0.4) is 0 Å². The number of hydrogen-bond acceptors (Lipinski definition) is 5. The van der Waals surface area contributed by atoms with Crippen LogP contribution in [0.2, 0.25) is 0 Å². The number of amides is 1. The second kappa shape index (κ2) is 5.05. The van der Waals surface area contributed by atoms with Crippen molar-refractivity contribution in [3.05, 3.63) is 28.5 Å². The number of ether oxygens (including phenoxy) is 1. The van der Waals surface area contributed by atoms with E-state index in [1.165, 1.54) is 7.11 Å². The zero-order valence-corrected chi connectivity index (χ0v) is 11.0. The van der Waals surface area contributed by atoms with Crippen molar-refractivity contribution in [2.45, 2.75) is 0 Å². The maximum Gasteiger partial charge on any atom is 0.293 e. The molecule has 2 aromatic rings. The normalized spacial score (nSPS) is 10.1. The first-order valence-electron chi connectivity index (χ1n) is 4.93. The van der Waals surface area contributed by atoms with Crippen molar-refractivity contribution in [3.63, 3.8) is 0 Å². The number of rotatable bonds is 3. The quantitative estimate of drug-likeness (QED) is 0.794. The molecule has 0 aliphatic carbocycles. The fraction of sp³-hybridized carbons (Fsp3) is 0.100. The van der Waals surface area contributed by atoms with E-state index < -0.39 is 5.91 Å². The Morgan fingerprint density at radius 1 is 1.56 bits per heavy atom. The number of methoxy groups -OCH3 is 1. The number of halogens is 1. The maximum atomic E-state index is 11.8. The number of benzene rings is 1. The lowest BCUT2D eigenvalue weighted by Gasteiger charge is -2.09. The molecule has 2 rings (SSSR count). The molecule has 0 aliphatic rings. The number of anilines is 2. The second-order valence-corrected chi connectivity index (χ2v) is 4.26. The maximum absolute atomic E-state index is 11.8. The van der Waals surface area contributed by atoms with Crippen LogP contribution in [0.15, 0.2) is 22.7 Å². The number of carbonyl (C=O) groups excluding carboxylic acids is 1. The van der Waals surface area contributed by atoms with Crippen molar-refractivity contribution in [3.8, 4) is 5.75 Å². The molecule has 0 spiro atoms. The third-order valence-corrected chi connectivity index (χ3v) is 2.62. The minimum atomic E-state index is -0.449. The molecule has 7 nitrogen and oxygen atoms in total. The summed E-state index contributed by atoms with van der Waals surface area (Å²) in [6.07, 6.45) is 0. The Labute approximate surface area is 111 Å². The van der Waals surface area contributed by atoms with Gasteiger partial charge in [-0.3, -0.25) is 9.89 Å². The van der Waals surface area contributed by atoms with E-state index in [2.05, 4.69) is 36.4 Å². The molecule has 0 atom stereocenters. The highest BCUT2D eigenvalue weighted by Gasteiger charge is 2.13. The molecule has 4 N–H and O–H groups in total. The fourth-order valence-electron chi connectivity index (χ4n) is 1.34. The van der Waals surface area contributed by atoms with Gasteiger partial charge in [-0.2, -0.15) is 4.98 Å². The molecule has 0 saturated carbocycles. The third kappa shape index (κ3) is 2.59. The summed E-state index contributed by atoms with van der Waals surface area (Å²) < 4.78 is 5.95. The molecule has 0 saturated heterocycles. The molecule has 0 bridgehead atoms. The van der Waals surface area contributed by atoms with Gasteiger partial charge in [0.2, 0.25) is 11.8 Å². The predicted molar refractivity (Wildman–Crippen MR) is 69.4 cm³/mol. The second-order valence-electron chi connectivity index (χ2n) is 3.34. The molecule has 1 amide bonds. The van der Waals surface area contributed by atoms with Crippen LogP contribution in [-0.2, 0) is 0 Å². The van der Waals surface area contributed by atoms with Gasteiger partial charge in [0.1, 0.15) is 5.75 Å². The van der Waals surface area contributed by atoms with Gasteiger partial charge in [-0.1, -0.05) is 15.9 Å². The highest BCUT2D eigenvalue weighted by Crippen LogP contribution is 2.28. The first kappa shape index (κ1) is 12.4. The topological polar surface area (TPSA) is 106 Å². The van der Waals surface area contributed by atoms with Crippen LogP contribution in [0.1, 0.15) is 10.6 Å². The van der Waals surface area contributed by atoms with Crippen molar-refractivity contribution in [1.82, 2.24) is 15.2 Å². The molecule has 94 valence electrons. The molecular weight excluding hydrogens is 302 g/mol. The summed E-state index contributed by atoms with van der Waals surface area (Å²) in [5.74, 6) is 0.144. The number of aromatic nitrogens is 3. The van der Waals surface area contributed by atoms with Gasteiger partial charge in [-0.25, -0.2) is 0 Å². The number of hydrogen-bond donors (Lipinski definition) is 3. The first-order valence-corrected chi connectivity index (χ1v) is 5.72. The lowest BCUT2D eigenvalue weighted by molar-refractivity contribution is 0.101. The SMILES string of the molecule is COc1ccc(Br)cc1NC(=O)c1nc(N)n[nH]1. The van der Waals surface area contributed by atoms with Crippen molar-refractivity contribution in [1.29, 1.82) is 0 Å². The van der Waals surface area contributed by atoms with Gasteiger partial charge in [0.05, 0.1) is 12.8 Å². The summed E-state index contributed by atoms with van der Waals surface area (Å²) in [7, 11) is 1.52. The zero-order valence-electron chi connectivity index (χ0n) is 9.40.